The fraction of sp³-hybridized carbons (Fsp3) is 0.556. The Bertz CT molecular complexity index is 793. The molecule has 2 aliphatic rings. The van der Waals surface area contributed by atoms with Gasteiger partial charge >= 0.3 is 0 Å². The van der Waals surface area contributed by atoms with Crippen molar-refractivity contribution in [1.29, 1.82) is 0 Å². The van der Waals surface area contributed by atoms with Crippen LogP contribution in [0.5, 0.6) is 0 Å². The Morgan fingerprint density at radius 2 is 2.04 bits per heavy atom. The molecule has 0 bridgehead atoms. The van der Waals surface area contributed by atoms with E-state index in [0.717, 1.165) is 61.9 Å². The molecule has 0 atom stereocenters. The van der Waals surface area contributed by atoms with Gasteiger partial charge in [-0.3, -0.25) is 4.79 Å². The minimum Gasteiger partial charge on any atom is -0.393 e. The van der Waals surface area contributed by atoms with E-state index < -0.39 is 0 Å². The van der Waals surface area contributed by atoms with Gasteiger partial charge in [0.25, 0.3) is 5.91 Å². The lowest BCUT2D eigenvalue weighted by molar-refractivity contribution is 0.0862. The zero-order valence-electron chi connectivity index (χ0n) is 14.4. The molecule has 7 nitrogen and oxygen atoms in total. The van der Waals surface area contributed by atoms with Crippen LogP contribution in [-0.2, 0) is 19.9 Å². The molecule has 132 valence electrons. The number of nitrogens with zero attached hydrogens (tertiary/aromatic N) is 4. The van der Waals surface area contributed by atoms with Crippen LogP contribution < -0.4 is 5.32 Å². The van der Waals surface area contributed by atoms with Crippen LogP contribution in [0.15, 0.2) is 12.5 Å². The van der Waals surface area contributed by atoms with Crippen LogP contribution in [0.4, 0.5) is 0 Å². The number of aliphatic hydroxyl groups is 1. The Labute approximate surface area is 146 Å². The maximum absolute atomic E-state index is 12.9. The maximum atomic E-state index is 12.9. The van der Waals surface area contributed by atoms with E-state index in [1.54, 1.807) is 12.5 Å². The molecule has 2 aromatic rings. The van der Waals surface area contributed by atoms with Gasteiger partial charge in [-0.05, 0) is 44.9 Å². The number of hydrogen-bond donors (Lipinski definition) is 2. The van der Waals surface area contributed by atoms with E-state index in [4.69, 9.17) is 0 Å². The fourth-order valence-corrected chi connectivity index (χ4v) is 3.78. The summed E-state index contributed by atoms with van der Waals surface area (Å²) < 4.78 is 1.86. The van der Waals surface area contributed by atoms with E-state index in [1.807, 2.05) is 11.6 Å². The first kappa shape index (κ1) is 16.2. The quantitative estimate of drug-likeness (QED) is 0.880. The number of fused-ring (bicyclic) bond motifs is 1. The zero-order chi connectivity index (χ0) is 17.4. The molecule has 0 unspecified atom stereocenters. The third kappa shape index (κ3) is 3.16. The van der Waals surface area contributed by atoms with Gasteiger partial charge in [0.2, 0.25) is 0 Å². The second-order valence-electron chi connectivity index (χ2n) is 7.04. The van der Waals surface area contributed by atoms with Gasteiger partial charge in [0, 0.05) is 24.3 Å². The molecule has 0 spiro atoms. The van der Waals surface area contributed by atoms with Crippen LogP contribution in [-0.4, -0.2) is 42.7 Å². The number of aryl methyl sites for hydroxylation is 2. The van der Waals surface area contributed by atoms with Crippen molar-refractivity contribution >= 4 is 5.91 Å². The summed E-state index contributed by atoms with van der Waals surface area (Å²) in [7, 11) is 1.89. The number of carbonyl (C=O) groups excluding carboxylic acids is 1. The molecule has 25 heavy (non-hydrogen) atoms. The highest BCUT2D eigenvalue weighted by atomic mass is 16.3. The molecule has 0 aromatic carbocycles. The van der Waals surface area contributed by atoms with Gasteiger partial charge in [0.1, 0.15) is 11.4 Å². The lowest BCUT2D eigenvalue weighted by atomic mass is 9.93. The van der Waals surface area contributed by atoms with E-state index in [0.29, 0.717) is 11.5 Å². The van der Waals surface area contributed by atoms with Crippen LogP contribution >= 0.6 is 0 Å². The summed E-state index contributed by atoms with van der Waals surface area (Å²) in [6, 6.07) is 0.114. The van der Waals surface area contributed by atoms with E-state index in [2.05, 4.69) is 20.3 Å². The molecule has 0 saturated heterocycles. The normalized spacial score (nSPS) is 22.6. The average Bonchev–Trinajstić information content (AvgIpc) is 3.24. The first-order chi connectivity index (χ1) is 12.1. The van der Waals surface area contributed by atoms with Crippen molar-refractivity contribution in [3.8, 4) is 11.5 Å². The fourth-order valence-electron chi connectivity index (χ4n) is 3.78. The summed E-state index contributed by atoms with van der Waals surface area (Å²) in [6.45, 7) is 0. The van der Waals surface area contributed by atoms with Crippen LogP contribution in [0, 0.1) is 0 Å². The Morgan fingerprint density at radius 1 is 1.24 bits per heavy atom. The van der Waals surface area contributed by atoms with Crippen molar-refractivity contribution in [3.63, 3.8) is 0 Å². The molecule has 1 amide bonds. The largest absolute Gasteiger partial charge is 0.393 e. The van der Waals surface area contributed by atoms with Crippen molar-refractivity contribution in [2.24, 2.45) is 7.05 Å². The van der Waals surface area contributed by atoms with E-state index in [-0.39, 0.29) is 18.1 Å². The number of rotatable bonds is 3. The number of carbonyl (C=O) groups is 1. The standard InChI is InChI=1S/C18H23N5O2/c1-23-10-19-9-15(23)17-21-14-4-2-3-13(14)16(22-17)18(25)20-11-5-7-12(24)8-6-11/h9-12,24H,2-8H2,1H3,(H,20,25). The topological polar surface area (TPSA) is 92.9 Å². The first-order valence-corrected chi connectivity index (χ1v) is 8.97. The number of nitrogens with one attached hydrogen (secondary N) is 1. The van der Waals surface area contributed by atoms with Crippen LogP contribution in [0.3, 0.4) is 0 Å². The van der Waals surface area contributed by atoms with Crippen molar-refractivity contribution in [3.05, 3.63) is 29.5 Å². The monoisotopic (exact) mass is 341 g/mol. The van der Waals surface area contributed by atoms with Gasteiger partial charge in [-0.2, -0.15) is 0 Å². The van der Waals surface area contributed by atoms with Crippen LogP contribution in [0.1, 0.15) is 53.8 Å². The Morgan fingerprint density at radius 3 is 2.76 bits per heavy atom. The molecule has 2 aromatic heterocycles. The third-order valence-corrected chi connectivity index (χ3v) is 5.23. The van der Waals surface area contributed by atoms with Gasteiger partial charge in [-0.25, -0.2) is 15.0 Å². The predicted octanol–water partition coefficient (Wildman–Crippen LogP) is 1.40. The molecule has 2 heterocycles. The van der Waals surface area contributed by atoms with Crippen molar-refractivity contribution in [2.75, 3.05) is 0 Å². The maximum Gasteiger partial charge on any atom is 0.270 e. The molecular formula is C18H23N5O2. The smallest absolute Gasteiger partial charge is 0.270 e. The molecule has 2 aliphatic carbocycles. The van der Waals surface area contributed by atoms with Gasteiger partial charge in [0.05, 0.1) is 18.6 Å². The van der Waals surface area contributed by atoms with E-state index in [9.17, 15) is 9.90 Å². The lowest BCUT2D eigenvalue weighted by Gasteiger charge is -2.26. The first-order valence-electron chi connectivity index (χ1n) is 8.97. The molecule has 1 fully saturated rings. The predicted molar refractivity (Wildman–Crippen MR) is 92.0 cm³/mol. The Balaban J connectivity index is 1.63. The number of aromatic nitrogens is 4. The minimum absolute atomic E-state index is 0.114. The molecule has 0 aliphatic heterocycles. The summed E-state index contributed by atoms with van der Waals surface area (Å²) >= 11 is 0. The Kier molecular flexibility index (Phi) is 4.25. The SMILES string of the molecule is Cn1cncc1-c1nc2c(c(C(=O)NC3CCC(O)CC3)n1)CCC2. The summed E-state index contributed by atoms with van der Waals surface area (Å²) in [6.07, 6.45) is 9.07. The molecule has 2 N–H and O–H groups in total. The van der Waals surface area contributed by atoms with Gasteiger partial charge in [0.15, 0.2) is 5.82 Å². The van der Waals surface area contributed by atoms with Gasteiger partial charge < -0.3 is 15.0 Å². The minimum atomic E-state index is -0.229. The molecular weight excluding hydrogens is 318 g/mol. The highest BCUT2D eigenvalue weighted by molar-refractivity contribution is 5.94. The highest BCUT2D eigenvalue weighted by Gasteiger charge is 2.27. The average molecular weight is 341 g/mol. The van der Waals surface area contributed by atoms with E-state index in [1.165, 1.54) is 0 Å². The summed E-state index contributed by atoms with van der Waals surface area (Å²) in [4.78, 5) is 26.3. The van der Waals surface area contributed by atoms with Crippen LogP contribution in [0.25, 0.3) is 11.5 Å². The highest BCUT2D eigenvalue weighted by Crippen LogP contribution is 2.26. The van der Waals surface area contributed by atoms with Crippen molar-refractivity contribution in [1.82, 2.24) is 24.8 Å². The second kappa shape index (κ2) is 6.55. The molecule has 1 saturated carbocycles. The molecule has 4 rings (SSSR count). The Hall–Kier alpha value is -2.28. The van der Waals surface area contributed by atoms with Gasteiger partial charge in [-0.15, -0.1) is 0 Å². The van der Waals surface area contributed by atoms with Crippen molar-refractivity contribution < 1.29 is 9.90 Å². The molecule has 0 radical (unpaired) electrons. The third-order valence-electron chi connectivity index (χ3n) is 5.23. The number of amides is 1. The van der Waals surface area contributed by atoms with Crippen molar-refractivity contribution in [2.45, 2.75) is 57.1 Å². The molecule has 7 heteroatoms. The number of hydrogen-bond acceptors (Lipinski definition) is 5. The second-order valence-corrected chi connectivity index (χ2v) is 7.04. The number of imidazole rings is 1. The van der Waals surface area contributed by atoms with Crippen LogP contribution in [0.2, 0.25) is 0 Å². The zero-order valence-corrected chi connectivity index (χ0v) is 14.4. The summed E-state index contributed by atoms with van der Waals surface area (Å²) in [5.74, 6) is 0.440. The van der Waals surface area contributed by atoms with E-state index >= 15 is 0 Å². The number of aliphatic hydroxyl groups excluding tert-OH is 1. The lowest BCUT2D eigenvalue weighted by Crippen LogP contribution is -2.39. The summed E-state index contributed by atoms with van der Waals surface area (Å²) in [5, 5.41) is 12.7. The summed E-state index contributed by atoms with van der Waals surface area (Å²) in [5.41, 5.74) is 3.28. The van der Waals surface area contributed by atoms with Gasteiger partial charge in [-0.1, -0.05) is 0 Å².